The van der Waals surface area contributed by atoms with E-state index >= 15 is 0 Å². The summed E-state index contributed by atoms with van der Waals surface area (Å²) in [7, 11) is 1.60. The Bertz CT molecular complexity index is 1420. The largest absolute Gasteiger partial charge is 0.496 e. The third kappa shape index (κ3) is 4.29. The molecule has 0 atom stereocenters. The van der Waals surface area contributed by atoms with Crippen molar-refractivity contribution in [2.75, 3.05) is 12.4 Å². The van der Waals surface area contributed by atoms with Crippen LogP contribution >= 0.6 is 0 Å². The fourth-order valence-corrected chi connectivity index (χ4v) is 3.70. The molecule has 3 heterocycles. The quantitative estimate of drug-likeness (QED) is 0.420. The van der Waals surface area contributed by atoms with Crippen molar-refractivity contribution in [2.24, 2.45) is 0 Å². The van der Waals surface area contributed by atoms with Gasteiger partial charge in [0.1, 0.15) is 11.6 Å². The molecule has 0 fully saturated rings. The monoisotopic (exact) mass is 435 g/mol. The lowest BCUT2D eigenvalue weighted by atomic mass is 10.1. The Morgan fingerprint density at radius 2 is 1.67 bits per heavy atom. The number of nitrogens with one attached hydrogen (secondary N) is 1. The van der Waals surface area contributed by atoms with E-state index in [0.717, 1.165) is 22.3 Å². The van der Waals surface area contributed by atoms with Crippen LogP contribution in [0.2, 0.25) is 0 Å². The van der Waals surface area contributed by atoms with E-state index in [1.165, 1.54) is 0 Å². The van der Waals surface area contributed by atoms with E-state index in [1.54, 1.807) is 24.0 Å². The molecule has 5 rings (SSSR count). The van der Waals surface area contributed by atoms with Gasteiger partial charge >= 0.3 is 0 Å². The number of amides is 1. The Hall–Kier alpha value is -4.52. The third-order valence-electron chi connectivity index (χ3n) is 5.29. The molecule has 0 radical (unpaired) electrons. The summed E-state index contributed by atoms with van der Waals surface area (Å²) in [6, 6.07) is 24.9. The summed E-state index contributed by atoms with van der Waals surface area (Å²) in [6.07, 6.45) is 3.64. The van der Waals surface area contributed by atoms with E-state index in [4.69, 9.17) is 9.72 Å². The van der Waals surface area contributed by atoms with Gasteiger partial charge in [0.2, 0.25) is 5.91 Å². The molecular weight excluding hydrogens is 414 g/mol. The molecule has 5 aromatic rings. The lowest BCUT2D eigenvalue weighted by Gasteiger charge is -2.11. The summed E-state index contributed by atoms with van der Waals surface area (Å²) in [5.41, 5.74) is 4.22. The van der Waals surface area contributed by atoms with Gasteiger partial charge in [0.05, 0.1) is 13.5 Å². The Labute approximate surface area is 190 Å². The third-order valence-corrected chi connectivity index (χ3v) is 5.29. The molecule has 0 unspecified atom stereocenters. The maximum atomic E-state index is 13.0. The van der Waals surface area contributed by atoms with Crippen LogP contribution in [0.5, 0.6) is 5.75 Å². The van der Waals surface area contributed by atoms with Crippen LogP contribution in [0.25, 0.3) is 28.2 Å². The molecule has 2 aromatic carbocycles. The number of benzene rings is 2. The lowest BCUT2D eigenvalue weighted by Crippen LogP contribution is -2.17. The van der Waals surface area contributed by atoms with Crippen LogP contribution in [0.4, 0.5) is 5.82 Å². The van der Waals surface area contributed by atoms with E-state index in [0.29, 0.717) is 23.0 Å². The van der Waals surface area contributed by atoms with Crippen molar-refractivity contribution < 1.29 is 9.53 Å². The Morgan fingerprint density at radius 3 is 2.45 bits per heavy atom. The predicted octanol–water partition coefficient (Wildman–Crippen LogP) is 4.65. The van der Waals surface area contributed by atoms with Crippen LogP contribution < -0.4 is 10.1 Å². The zero-order valence-corrected chi connectivity index (χ0v) is 18.0. The molecule has 0 bridgehead atoms. The van der Waals surface area contributed by atoms with E-state index in [9.17, 15) is 4.79 Å². The van der Waals surface area contributed by atoms with Crippen LogP contribution in [0.1, 0.15) is 5.56 Å². The molecule has 0 aliphatic carbocycles. The normalized spacial score (nSPS) is 10.8. The highest BCUT2D eigenvalue weighted by Crippen LogP contribution is 2.27. The van der Waals surface area contributed by atoms with Crippen molar-refractivity contribution in [3.05, 3.63) is 96.8 Å². The van der Waals surface area contributed by atoms with Crippen LogP contribution in [-0.4, -0.2) is 32.6 Å². The number of carbonyl (C=O) groups excluding carboxylic acids is 1. The van der Waals surface area contributed by atoms with E-state index in [-0.39, 0.29) is 12.3 Å². The summed E-state index contributed by atoms with van der Waals surface area (Å²) in [6.45, 7) is 0. The molecule has 0 aliphatic heterocycles. The number of anilines is 1. The lowest BCUT2D eigenvalue weighted by molar-refractivity contribution is -0.115. The number of fused-ring (bicyclic) bond motifs is 1. The zero-order valence-electron chi connectivity index (χ0n) is 18.0. The minimum absolute atomic E-state index is 0.172. The maximum absolute atomic E-state index is 13.0. The van der Waals surface area contributed by atoms with Gasteiger partial charge in [-0.1, -0.05) is 48.5 Å². The molecule has 0 saturated carbocycles. The Morgan fingerprint density at radius 1 is 0.909 bits per heavy atom. The van der Waals surface area contributed by atoms with Crippen molar-refractivity contribution >= 4 is 17.4 Å². The minimum atomic E-state index is -0.176. The van der Waals surface area contributed by atoms with Crippen molar-refractivity contribution in [1.82, 2.24) is 19.6 Å². The number of nitrogens with zero attached hydrogens (tertiary/aromatic N) is 4. The Balaban J connectivity index is 1.55. The molecule has 0 saturated heterocycles. The Kier molecular flexibility index (Phi) is 5.51. The first-order valence-electron chi connectivity index (χ1n) is 10.5. The standard InChI is InChI=1S/C26H21N5O2/c1-33-22-10-6-5-9-20(22)17-25(32)28-23-15-21(18-11-13-27-14-12-18)16-24-29-26(30-31(23)24)19-7-3-2-4-8-19/h2-16H,17H2,1H3,(H,28,32). The molecule has 7 nitrogen and oxygen atoms in total. The number of ether oxygens (including phenoxy) is 1. The van der Waals surface area contributed by atoms with E-state index < -0.39 is 0 Å². The summed E-state index contributed by atoms with van der Waals surface area (Å²) >= 11 is 0. The molecule has 7 heteroatoms. The summed E-state index contributed by atoms with van der Waals surface area (Å²) < 4.78 is 7.04. The SMILES string of the molecule is COc1ccccc1CC(=O)Nc1cc(-c2ccncc2)cc2nc(-c3ccccc3)nn12. The van der Waals surface area contributed by atoms with Crippen molar-refractivity contribution in [2.45, 2.75) is 6.42 Å². The summed E-state index contributed by atoms with van der Waals surface area (Å²) in [5, 5.41) is 7.68. The van der Waals surface area contributed by atoms with Crippen molar-refractivity contribution in [3.63, 3.8) is 0 Å². The van der Waals surface area contributed by atoms with Gasteiger partial charge in [-0.25, -0.2) is 4.98 Å². The average Bonchev–Trinajstić information content (AvgIpc) is 3.30. The number of para-hydroxylation sites is 1. The van der Waals surface area contributed by atoms with Gasteiger partial charge in [0, 0.05) is 23.5 Å². The molecule has 1 N–H and O–H groups in total. The highest BCUT2D eigenvalue weighted by Gasteiger charge is 2.15. The van der Waals surface area contributed by atoms with Gasteiger partial charge < -0.3 is 10.1 Å². The molecule has 0 aliphatic rings. The topological polar surface area (TPSA) is 81.4 Å². The second-order valence-electron chi connectivity index (χ2n) is 7.47. The number of hydrogen-bond acceptors (Lipinski definition) is 5. The van der Waals surface area contributed by atoms with Gasteiger partial charge in [-0.15, -0.1) is 5.10 Å². The number of hydrogen-bond donors (Lipinski definition) is 1. The first kappa shape index (κ1) is 20.4. The van der Waals surface area contributed by atoms with E-state index in [2.05, 4.69) is 15.4 Å². The van der Waals surface area contributed by atoms with Crippen molar-refractivity contribution in [1.29, 1.82) is 0 Å². The van der Waals surface area contributed by atoms with Crippen LogP contribution in [0.3, 0.4) is 0 Å². The van der Waals surface area contributed by atoms with Gasteiger partial charge in [0.15, 0.2) is 11.5 Å². The number of carbonyl (C=O) groups is 1. The van der Waals surface area contributed by atoms with Crippen LogP contribution in [0, 0.1) is 0 Å². The van der Waals surface area contributed by atoms with Gasteiger partial charge in [0.25, 0.3) is 0 Å². The van der Waals surface area contributed by atoms with Gasteiger partial charge in [-0.2, -0.15) is 4.52 Å². The highest BCUT2D eigenvalue weighted by atomic mass is 16.5. The van der Waals surface area contributed by atoms with Crippen LogP contribution in [0.15, 0.2) is 91.3 Å². The molecule has 0 spiro atoms. The predicted molar refractivity (Wildman–Crippen MR) is 127 cm³/mol. The summed E-state index contributed by atoms with van der Waals surface area (Å²) in [5.74, 6) is 1.62. The molecule has 1 amide bonds. The summed E-state index contributed by atoms with van der Waals surface area (Å²) in [4.78, 5) is 21.8. The fourth-order valence-electron chi connectivity index (χ4n) is 3.70. The number of aromatic nitrogens is 4. The molecule has 162 valence electrons. The second-order valence-corrected chi connectivity index (χ2v) is 7.47. The number of methoxy groups -OCH3 is 1. The van der Waals surface area contributed by atoms with Gasteiger partial charge in [-0.3, -0.25) is 9.78 Å². The molecule has 3 aromatic heterocycles. The average molecular weight is 435 g/mol. The molecule has 33 heavy (non-hydrogen) atoms. The fraction of sp³-hybridized carbons (Fsp3) is 0.0769. The zero-order chi connectivity index (χ0) is 22.6. The van der Waals surface area contributed by atoms with Crippen molar-refractivity contribution in [3.8, 4) is 28.3 Å². The second kappa shape index (κ2) is 8.92. The highest BCUT2D eigenvalue weighted by molar-refractivity contribution is 5.93. The number of pyridine rings is 2. The molecular formula is C26H21N5O2. The number of rotatable bonds is 6. The first-order chi connectivity index (χ1) is 16.2. The van der Waals surface area contributed by atoms with E-state index in [1.807, 2.05) is 78.9 Å². The van der Waals surface area contributed by atoms with Crippen LogP contribution in [-0.2, 0) is 11.2 Å². The first-order valence-corrected chi connectivity index (χ1v) is 10.5. The van der Waals surface area contributed by atoms with Gasteiger partial charge in [-0.05, 0) is 41.5 Å². The minimum Gasteiger partial charge on any atom is -0.496 e. The maximum Gasteiger partial charge on any atom is 0.230 e. The smallest absolute Gasteiger partial charge is 0.230 e.